The number of piperazine rings is 1. The summed E-state index contributed by atoms with van der Waals surface area (Å²) >= 11 is 0. The number of carbonyl (C=O) groups is 2. The molecule has 0 saturated carbocycles. The highest BCUT2D eigenvalue weighted by Gasteiger charge is 2.21. The van der Waals surface area contributed by atoms with E-state index in [1.807, 2.05) is 37.3 Å². The highest BCUT2D eigenvalue weighted by atomic mass is 19.1. The summed E-state index contributed by atoms with van der Waals surface area (Å²) in [7, 11) is 0. The van der Waals surface area contributed by atoms with E-state index >= 15 is 0 Å². The Morgan fingerprint density at radius 3 is 2.31 bits per heavy atom. The Bertz CT molecular complexity index is 845. The maximum atomic E-state index is 13.4. The second kappa shape index (κ2) is 9.65. The normalized spacial score (nSPS) is 14.7. The average molecular weight is 397 g/mol. The Morgan fingerprint density at radius 2 is 1.72 bits per heavy atom. The molecule has 0 spiro atoms. The molecule has 0 N–H and O–H groups in total. The van der Waals surface area contributed by atoms with Crippen molar-refractivity contribution in [1.29, 1.82) is 0 Å². The Morgan fingerprint density at radius 1 is 1.03 bits per heavy atom. The molecular weight excluding hydrogens is 369 g/mol. The van der Waals surface area contributed by atoms with Crippen LogP contribution in [0.3, 0.4) is 0 Å². The van der Waals surface area contributed by atoms with Gasteiger partial charge in [0.2, 0.25) is 5.91 Å². The molecule has 1 aliphatic heterocycles. The van der Waals surface area contributed by atoms with Crippen molar-refractivity contribution in [3.8, 4) is 0 Å². The lowest BCUT2D eigenvalue weighted by Gasteiger charge is -2.36. The number of amides is 1. The largest absolute Gasteiger partial charge is 0.369 e. The molecule has 0 bridgehead atoms. The molecular formula is C23H28FN3O2. The Kier molecular flexibility index (Phi) is 6.99. The van der Waals surface area contributed by atoms with Crippen molar-refractivity contribution in [1.82, 2.24) is 9.80 Å². The molecule has 0 radical (unpaired) electrons. The Labute approximate surface area is 171 Å². The van der Waals surface area contributed by atoms with Crippen LogP contribution in [0.4, 0.5) is 10.1 Å². The van der Waals surface area contributed by atoms with Gasteiger partial charge in [0.1, 0.15) is 5.82 Å². The molecule has 1 saturated heterocycles. The molecule has 3 rings (SSSR count). The summed E-state index contributed by atoms with van der Waals surface area (Å²) in [6.45, 7) is 8.19. The second-order valence-corrected chi connectivity index (χ2v) is 7.40. The zero-order valence-corrected chi connectivity index (χ0v) is 17.1. The number of anilines is 1. The Hall–Kier alpha value is -2.73. The lowest BCUT2D eigenvalue weighted by atomic mass is 10.1. The van der Waals surface area contributed by atoms with Gasteiger partial charge in [-0.3, -0.25) is 14.5 Å². The molecule has 2 aromatic rings. The SMILES string of the molecule is CCN(Cc1cccc(F)c1)C(=O)CN1CCN(c2ccc(C(C)=O)cc2)CC1. The van der Waals surface area contributed by atoms with Gasteiger partial charge in [-0.1, -0.05) is 12.1 Å². The predicted molar refractivity (Wildman–Crippen MR) is 113 cm³/mol. The van der Waals surface area contributed by atoms with Gasteiger partial charge in [0.25, 0.3) is 0 Å². The molecule has 5 nitrogen and oxygen atoms in total. The van der Waals surface area contributed by atoms with Crippen LogP contribution >= 0.6 is 0 Å². The third-order valence-corrected chi connectivity index (χ3v) is 5.37. The first-order valence-electron chi connectivity index (χ1n) is 10.1. The van der Waals surface area contributed by atoms with Crippen LogP contribution in [0.2, 0.25) is 0 Å². The smallest absolute Gasteiger partial charge is 0.237 e. The van der Waals surface area contributed by atoms with Crippen LogP contribution in [0, 0.1) is 5.82 Å². The van der Waals surface area contributed by atoms with Crippen molar-refractivity contribution in [2.24, 2.45) is 0 Å². The molecule has 0 aliphatic carbocycles. The number of hydrogen-bond acceptors (Lipinski definition) is 4. The van der Waals surface area contributed by atoms with Crippen LogP contribution in [-0.2, 0) is 11.3 Å². The van der Waals surface area contributed by atoms with Crippen LogP contribution in [0.5, 0.6) is 0 Å². The van der Waals surface area contributed by atoms with Gasteiger partial charge in [-0.05, 0) is 55.8 Å². The number of likely N-dealkylation sites (N-methyl/N-ethyl adjacent to an activating group) is 1. The molecule has 1 amide bonds. The fourth-order valence-corrected chi connectivity index (χ4v) is 3.59. The maximum absolute atomic E-state index is 13.4. The number of Topliss-reactive ketones (excluding diaryl/α,β-unsaturated/α-hetero) is 1. The van der Waals surface area contributed by atoms with Gasteiger partial charge in [0.15, 0.2) is 5.78 Å². The minimum absolute atomic E-state index is 0.0658. The summed E-state index contributed by atoms with van der Waals surface area (Å²) in [5.41, 5.74) is 2.62. The van der Waals surface area contributed by atoms with E-state index in [2.05, 4.69) is 9.80 Å². The first-order chi connectivity index (χ1) is 14.0. The fraction of sp³-hybridized carbons (Fsp3) is 0.391. The molecule has 154 valence electrons. The van der Waals surface area contributed by atoms with E-state index in [1.54, 1.807) is 17.9 Å². The predicted octanol–water partition coefficient (Wildman–Crippen LogP) is 3.20. The second-order valence-electron chi connectivity index (χ2n) is 7.40. The zero-order valence-electron chi connectivity index (χ0n) is 17.1. The van der Waals surface area contributed by atoms with Crippen molar-refractivity contribution >= 4 is 17.4 Å². The van der Waals surface area contributed by atoms with E-state index in [0.717, 1.165) is 43.0 Å². The molecule has 1 aliphatic rings. The van der Waals surface area contributed by atoms with Gasteiger partial charge in [0, 0.05) is 50.5 Å². The number of hydrogen-bond donors (Lipinski definition) is 0. The van der Waals surface area contributed by atoms with Crippen molar-refractivity contribution in [2.75, 3.05) is 44.2 Å². The van der Waals surface area contributed by atoms with Crippen molar-refractivity contribution in [2.45, 2.75) is 20.4 Å². The summed E-state index contributed by atoms with van der Waals surface area (Å²) in [5, 5.41) is 0. The van der Waals surface area contributed by atoms with Crippen LogP contribution in [0.25, 0.3) is 0 Å². The third kappa shape index (κ3) is 5.64. The summed E-state index contributed by atoms with van der Waals surface area (Å²) in [4.78, 5) is 30.3. The van der Waals surface area contributed by atoms with Crippen molar-refractivity contribution in [3.63, 3.8) is 0 Å². The van der Waals surface area contributed by atoms with Gasteiger partial charge < -0.3 is 9.80 Å². The lowest BCUT2D eigenvalue weighted by Crippen LogP contribution is -2.50. The monoisotopic (exact) mass is 397 g/mol. The molecule has 1 heterocycles. The van der Waals surface area contributed by atoms with Crippen LogP contribution in [-0.4, -0.2) is 60.8 Å². The van der Waals surface area contributed by atoms with E-state index in [1.165, 1.54) is 12.1 Å². The maximum Gasteiger partial charge on any atom is 0.237 e. The summed E-state index contributed by atoms with van der Waals surface area (Å²) < 4.78 is 13.4. The fourth-order valence-electron chi connectivity index (χ4n) is 3.59. The molecule has 6 heteroatoms. The number of ketones is 1. The van der Waals surface area contributed by atoms with E-state index in [0.29, 0.717) is 19.6 Å². The van der Waals surface area contributed by atoms with E-state index in [9.17, 15) is 14.0 Å². The topological polar surface area (TPSA) is 43.9 Å². The van der Waals surface area contributed by atoms with E-state index in [4.69, 9.17) is 0 Å². The highest BCUT2D eigenvalue weighted by Crippen LogP contribution is 2.18. The summed E-state index contributed by atoms with van der Waals surface area (Å²) in [5.74, 6) is -0.145. The highest BCUT2D eigenvalue weighted by molar-refractivity contribution is 5.94. The number of nitrogens with zero attached hydrogens (tertiary/aromatic N) is 3. The number of carbonyl (C=O) groups excluding carboxylic acids is 2. The molecule has 2 aromatic carbocycles. The van der Waals surface area contributed by atoms with Crippen LogP contribution < -0.4 is 4.90 Å². The minimum Gasteiger partial charge on any atom is -0.369 e. The Balaban J connectivity index is 1.51. The van der Waals surface area contributed by atoms with Crippen LogP contribution in [0.15, 0.2) is 48.5 Å². The van der Waals surface area contributed by atoms with Gasteiger partial charge in [-0.25, -0.2) is 4.39 Å². The van der Waals surface area contributed by atoms with Gasteiger partial charge in [0.05, 0.1) is 6.54 Å². The van der Waals surface area contributed by atoms with E-state index < -0.39 is 0 Å². The molecule has 29 heavy (non-hydrogen) atoms. The molecule has 0 atom stereocenters. The minimum atomic E-state index is -0.279. The number of rotatable bonds is 7. The summed E-state index contributed by atoms with van der Waals surface area (Å²) in [6, 6.07) is 14.1. The van der Waals surface area contributed by atoms with Gasteiger partial charge in [-0.2, -0.15) is 0 Å². The first kappa shape index (κ1) is 21.0. The number of benzene rings is 2. The molecule has 0 aromatic heterocycles. The standard InChI is InChI=1S/C23H28FN3O2/c1-3-26(16-19-5-4-6-21(24)15-19)23(29)17-25-11-13-27(14-12-25)22-9-7-20(8-10-22)18(2)28/h4-10,15H,3,11-14,16-17H2,1-2H3. The number of halogens is 1. The quantitative estimate of drug-likeness (QED) is 0.673. The van der Waals surface area contributed by atoms with Gasteiger partial charge in [-0.15, -0.1) is 0 Å². The van der Waals surface area contributed by atoms with Gasteiger partial charge >= 0.3 is 0 Å². The molecule has 0 unspecified atom stereocenters. The van der Waals surface area contributed by atoms with Crippen molar-refractivity contribution < 1.29 is 14.0 Å². The van der Waals surface area contributed by atoms with E-state index in [-0.39, 0.29) is 17.5 Å². The average Bonchev–Trinajstić information content (AvgIpc) is 2.72. The van der Waals surface area contributed by atoms with Crippen LogP contribution in [0.1, 0.15) is 29.8 Å². The first-order valence-corrected chi connectivity index (χ1v) is 10.1. The summed E-state index contributed by atoms with van der Waals surface area (Å²) in [6.07, 6.45) is 0. The third-order valence-electron chi connectivity index (χ3n) is 5.37. The zero-order chi connectivity index (χ0) is 20.8. The lowest BCUT2D eigenvalue weighted by molar-refractivity contribution is -0.132. The van der Waals surface area contributed by atoms with Crippen molar-refractivity contribution in [3.05, 3.63) is 65.5 Å². The molecule has 1 fully saturated rings.